The molecule has 160 valence electrons. The monoisotopic (exact) mass is 508 g/mol. The Balaban J connectivity index is 0.00000392. The topological polar surface area (TPSA) is 108 Å². The molecule has 2 rings (SSSR count). The summed E-state index contributed by atoms with van der Waals surface area (Å²) in [6.45, 7) is 8.02. The number of carbonyl (C=O) groups is 1. The van der Waals surface area contributed by atoms with Crippen molar-refractivity contribution in [1.82, 2.24) is 16.0 Å². The summed E-state index contributed by atoms with van der Waals surface area (Å²) in [4.78, 5) is 16.7. The maximum Gasteiger partial charge on any atom is 0.287 e. The fourth-order valence-corrected chi connectivity index (χ4v) is 3.06. The third-order valence-electron chi connectivity index (χ3n) is 4.74. The van der Waals surface area contributed by atoms with Gasteiger partial charge in [0.15, 0.2) is 11.7 Å². The van der Waals surface area contributed by atoms with E-state index < -0.39 is 0 Å². The highest BCUT2D eigenvalue weighted by Crippen LogP contribution is 2.32. The third-order valence-corrected chi connectivity index (χ3v) is 4.74. The number of halogens is 1. The SMILES string of the molecule is CCNC(=NCC1(CCO)CCOC1)NCCCNC(=O)c1occc1C.I. The van der Waals surface area contributed by atoms with E-state index in [2.05, 4.69) is 20.9 Å². The molecule has 9 heteroatoms. The molecule has 0 aliphatic carbocycles. The highest BCUT2D eigenvalue weighted by molar-refractivity contribution is 14.0. The van der Waals surface area contributed by atoms with Gasteiger partial charge >= 0.3 is 0 Å². The summed E-state index contributed by atoms with van der Waals surface area (Å²) >= 11 is 0. The minimum atomic E-state index is -0.190. The van der Waals surface area contributed by atoms with Crippen molar-refractivity contribution in [3.8, 4) is 0 Å². The predicted octanol–water partition coefficient (Wildman–Crippen LogP) is 1.67. The minimum Gasteiger partial charge on any atom is -0.459 e. The lowest BCUT2D eigenvalue weighted by Gasteiger charge is -2.24. The third kappa shape index (κ3) is 7.59. The Morgan fingerprint density at radius 3 is 2.71 bits per heavy atom. The van der Waals surface area contributed by atoms with Gasteiger partial charge in [-0.2, -0.15) is 0 Å². The summed E-state index contributed by atoms with van der Waals surface area (Å²) in [6, 6.07) is 1.77. The van der Waals surface area contributed by atoms with E-state index in [1.165, 1.54) is 6.26 Å². The van der Waals surface area contributed by atoms with Gasteiger partial charge in [-0.05, 0) is 39.2 Å². The average Bonchev–Trinajstić information content (AvgIpc) is 3.29. The number of rotatable bonds is 10. The van der Waals surface area contributed by atoms with Crippen molar-refractivity contribution in [2.45, 2.75) is 33.1 Å². The number of nitrogens with one attached hydrogen (secondary N) is 3. The molecule has 1 aromatic rings. The highest BCUT2D eigenvalue weighted by Gasteiger charge is 2.34. The van der Waals surface area contributed by atoms with Crippen molar-refractivity contribution in [3.05, 3.63) is 23.7 Å². The van der Waals surface area contributed by atoms with Crippen LogP contribution in [0.4, 0.5) is 0 Å². The number of aliphatic imine (C=N–C) groups is 1. The van der Waals surface area contributed by atoms with Gasteiger partial charge in [0.2, 0.25) is 0 Å². The van der Waals surface area contributed by atoms with E-state index in [1.807, 2.05) is 13.8 Å². The molecule has 0 radical (unpaired) electrons. The number of aliphatic hydroxyl groups is 1. The van der Waals surface area contributed by atoms with Crippen LogP contribution in [0.2, 0.25) is 0 Å². The maximum absolute atomic E-state index is 12.0. The molecule has 0 aromatic carbocycles. The number of aryl methyl sites for hydroxylation is 1. The van der Waals surface area contributed by atoms with Crippen LogP contribution in [0.3, 0.4) is 0 Å². The van der Waals surface area contributed by atoms with Crippen molar-refractivity contribution in [2.75, 3.05) is 46.0 Å². The Hall–Kier alpha value is -1.33. The normalized spacial score (nSPS) is 19.2. The molecule has 1 atom stereocenters. The number of ether oxygens (including phenoxy) is 1. The van der Waals surface area contributed by atoms with Crippen LogP contribution >= 0.6 is 24.0 Å². The van der Waals surface area contributed by atoms with Gasteiger partial charge in [0.25, 0.3) is 5.91 Å². The molecule has 4 N–H and O–H groups in total. The standard InChI is InChI=1S/C19H32N4O4.HI/c1-3-20-18(23-13-19(6-10-24)7-12-26-14-19)22-9-4-8-21-17(25)16-15(2)5-11-27-16;/h5,11,24H,3-4,6-10,12-14H2,1-2H3,(H,21,25)(H2,20,22,23);1H. The number of amides is 1. The lowest BCUT2D eigenvalue weighted by molar-refractivity contribution is 0.0925. The lowest BCUT2D eigenvalue weighted by Crippen LogP contribution is -2.40. The first-order valence-electron chi connectivity index (χ1n) is 9.63. The second-order valence-electron chi connectivity index (χ2n) is 6.94. The fraction of sp³-hybridized carbons (Fsp3) is 0.684. The van der Waals surface area contributed by atoms with Gasteiger partial charge in [0.05, 0.1) is 19.4 Å². The van der Waals surface area contributed by atoms with Gasteiger partial charge in [-0.15, -0.1) is 24.0 Å². The Labute approximate surface area is 183 Å². The second-order valence-corrected chi connectivity index (χ2v) is 6.94. The molecule has 1 fully saturated rings. The van der Waals surface area contributed by atoms with Crippen molar-refractivity contribution >= 4 is 35.8 Å². The molecule has 2 heterocycles. The smallest absolute Gasteiger partial charge is 0.287 e. The molecule has 0 spiro atoms. The van der Waals surface area contributed by atoms with Crippen LogP contribution in [-0.4, -0.2) is 63.0 Å². The van der Waals surface area contributed by atoms with Gasteiger partial charge in [0, 0.05) is 43.8 Å². The number of nitrogens with zero attached hydrogens (tertiary/aromatic N) is 1. The number of hydrogen-bond acceptors (Lipinski definition) is 5. The van der Waals surface area contributed by atoms with Crippen LogP contribution in [0.15, 0.2) is 21.7 Å². The second kappa shape index (κ2) is 13.0. The molecule has 1 amide bonds. The number of guanidine groups is 1. The predicted molar refractivity (Wildman–Crippen MR) is 119 cm³/mol. The van der Waals surface area contributed by atoms with Crippen molar-refractivity contribution in [2.24, 2.45) is 10.4 Å². The summed E-state index contributed by atoms with van der Waals surface area (Å²) in [6.07, 6.45) is 3.91. The van der Waals surface area contributed by atoms with E-state index in [1.54, 1.807) is 6.07 Å². The first-order chi connectivity index (χ1) is 13.1. The van der Waals surface area contributed by atoms with Crippen molar-refractivity contribution < 1.29 is 19.1 Å². The van der Waals surface area contributed by atoms with Crippen LogP contribution in [0, 0.1) is 12.3 Å². The van der Waals surface area contributed by atoms with Gasteiger partial charge in [0.1, 0.15) is 0 Å². The van der Waals surface area contributed by atoms with E-state index in [0.717, 1.165) is 37.5 Å². The Kier molecular flexibility index (Phi) is 11.5. The van der Waals surface area contributed by atoms with Crippen molar-refractivity contribution in [1.29, 1.82) is 0 Å². The van der Waals surface area contributed by atoms with E-state index in [0.29, 0.717) is 38.4 Å². The molecular weight excluding hydrogens is 475 g/mol. The van der Waals surface area contributed by atoms with Gasteiger partial charge < -0.3 is 30.2 Å². The maximum atomic E-state index is 12.0. The zero-order chi connectivity index (χ0) is 19.5. The quantitative estimate of drug-likeness (QED) is 0.166. The fourth-order valence-electron chi connectivity index (χ4n) is 3.06. The number of aliphatic hydroxyl groups excluding tert-OH is 1. The summed E-state index contributed by atoms with van der Waals surface area (Å²) in [5.74, 6) is 0.922. The van der Waals surface area contributed by atoms with Crippen LogP contribution in [0.1, 0.15) is 42.3 Å². The van der Waals surface area contributed by atoms with E-state index in [9.17, 15) is 9.90 Å². The Morgan fingerprint density at radius 1 is 1.32 bits per heavy atom. The summed E-state index contributed by atoms with van der Waals surface area (Å²) in [5.41, 5.74) is 0.770. The Bertz CT molecular complexity index is 615. The van der Waals surface area contributed by atoms with Gasteiger partial charge in [-0.1, -0.05) is 0 Å². The zero-order valence-electron chi connectivity index (χ0n) is 16.8. The molecule has 0 saturated carbocycles. The minimum absolute atomic E-state index is 0. The van der Waals surface area contributed by atoms with Gasteiger partial charge in [-0.25, -0.2) is 0 Å². The molecule has 1 saturated heterocycles. The van der Waals surface area contributed by atoms with Gasteiger partial charge in [-0.3, -0.25) is 9.79 Å². The molecule has 1 aliphatic heterocycles. The highest BCUT2D eigenvalue weighted by atomic mass is 127. The molecule has 1 aliphatic rings. The largest absolute Gasteiger partial charge is 0.459 e. The van der Waals surface area contributed by atoms with Crippen LogP contribution in [0.5, 0.6) is 0 Å². The summed E-state index contributed by atoms with van der Waals surface area (Å²) in [5, 5.41) is 18.7. The van der Waals surface area contributed by atoms with Crippen LogP contribution in [-0.2, 0) is 4.74 Å². The number of furan rings is 1. The summed E-state index contributed by atoms with van der Waals surface area (Å²) in [7, 11) is 0. The van der Waals surface area contributed by atoms with E-state index >= 15 is 0 Å². The average molecular weight is 508 g/mol. The molecule has 0 bridgehead atoms. The molecule has 28 heavy (non-hydrogen) atoms. The summed E-state index contributed by atoms with van der Waals surface area (Å²) < 4.78 is 10.7. The first kappa shape index (κ1) is 24.7. The molecule has 1 aromatic heterocycles. The van der Waals surface area contributed by atoms with Crippen LogP contribution < -0.4 is 16.0 Å². The van der Waals surface area contributed by atoms with Crippen molar-refractivity contribution in [3.63, 3.8) is 0 Å². The zero-order valence-corrected chi connectivity index (χ0v) is 19.1. The lowest BCUT2D eigenvalue weighted by atomic mass is 9.84. The first-order valence-corrected chi connectivity index (χ1v) is 9.63. The molecular formula is C19H33IN4O4. The molecule has 1 unspecified atom stereocenters. The Morgan fingerprint density at radius 2 is 2.11 bits per heavy atom. The van der Waals surface area contributed by atoms with E-state index in [-0.39, 0.29) is 41.9 Å². The van der Waals surface area contributed by atoms with Crippen LogP contribution in [0.25, 0.3) is 0 Å². The van der Waals surface area contributed by atoms with E-state index in [4.69, 9.17) is 9.15 Å². The molecule has 8 nitrogen and oxygen atoms in total. The number of carbonyl (C=O) groups excluding carboxylic acids is 1. The number of hydrogen-bond donors (Lipinski definition) is 4.